The van der Waals surface area contributed by atoms with E-state index in [4.69, 9.17) is 27.8 Å². The minimum Gasteiger partial charge on any atom is -0.472 e. The number of pyridine rings is 2. The fourth-order valence-electron chi connectivity index (χ4n) is 3.15. The van der Waals surface area contributed by atoms with Crippen molar-refractivity contribution in [2.75, 3.05) is 35.3 Å². The lowest BCUT2D eigenvalue weighted by atomic mass is 9.99. The Labute approximate surface area is 145 Å². The van der Waals surface area contributed by atoms with Crippen LogP contribution in [0.15, 0.2) is 0 Å². The zero-order valence-electron chi connectivity index (χ0n) is 13.6. The van der Waals surface area contributed by atoms with Gasteiger partial charge in [0.25, 0.3) is 0 Å². The molecule has 8 heteroatoms. The third-order valence-corrected chi connectivity index (χ3v) is 4.65. The van der Waals surface area contributed by atoms with Crippen LogP contribution in [0, 0.1) is 11.3 Å². The summed E-state index contributed by atoms with van der Waals surface area (Å²) in [5.41, 5.74) is 13.5. The molecule has 3 heterocycles. The molecule has 1 aliphatic heterocycles. The van der Waals surface area contributed by atoms with Gasteiger partial charge in [-0.15, -0.1) is 11.6 Å². The highest BCUT2D eigenvalue weighted by Gasteiger charge is 2.30. The molecule has 0 saturated carbocycles. The third kappa shape index (κ3) is 2.34. The van der Waals surface area contributed by atoms with E-state index in [0.29, 0.717) is 53.4 Å². The number of nitrogens with zero attached hydrogens (tertiary/aromatic N) is 4. The molecule has 0 saturated heterocycles. The second-order valence-corrected chi connectivity index (χ2v) is 5.92. The van der Waals surface area contributed by atoms with E-state index in [1.165, 1.54) is 0 Å². The van der Waals surface area contributed by atoms with Gasteiger partial charge in [0, 0.05) is 30.5 Å². The Kier molecular flexibility index (Phi) is 4.24. The molecule has 0 aliphatic carbocycles. The van der Waals surface area contributed by atoms with Crippen LogP contribution in [0.25, 0.3) is 10.8 Å². The molecule has 0 amide bonds. The van der Waals surface area contributed by atoms with Gasteiger partial charge in [-0.05, 0) is 13.8 Å². The summed E-state index contributed by atoms with van der Waals surface area (Å²) in [6.45, 7) is 5.44. The van der Waals surface area contributed by atoms with Gasteiger partial charge in [-0.25, -0.2) is 4.98 Å². The predicted molar refractivity (Wildman–Crippen MR) is 95.5 cm³/mol. The van der Waals surface area contributed by atoms with Crippen LogP contribution < -0.4 is 21.1 Å². The number of hydrogen-bond acceptors (Lipinski definition) is 7. The van der Waals surface area contributed by atoms with Gasteiger partial charge in [-0.2, -0.15) is 10.2 Å². The van der Waals surface area contributed by atoms with Crippen molar-refractivity contribution in [3.8, 4) is 11.9 Å². The number of aromatic nitrogens is 2. The molecular formula is C16H19ClN6O. The normalized spacial score (nSPS) is 15.8. The van der Waals surface area contributed by atoms with Crippen molar-refractivity contribution in [2.45, 2.75) is 26.4 Å². The van der Waals surface area contributed by atoms with Gasteiger partial charge in [0.15, 0.2) is 0 Å². The molecule has 1 atom stereocenters. The van der Waals surface area contributed by atoms with Gasteiger partial charge in [0.2, 0.25) is 5.88 Å². The number of halogens is 1. The maximum atomic E-state index is 9.81. The van der Waals surface area contributed by atoms with Gasteiger partial charge in [-0.3, -0.25) is 0 Å². The number of anilines is 3. The molecule has 4 N–H and O–H groups in total. The van der Waals surface area contributed by atoms with Crippen LogP contribution in [0.3, 0.4) is 0 Å². The topological polar surface area (TPSA) is 114 Å². The van der Waals surface area contributed by atoms with Crippen LogP contribution in [0.1, 0.15) is 25.0 Å². The molecule has 0 aromatic carbocycles. The molecule has 24 heavy (non-hydrogen) atoms. The highest BCUT2D eigenvalue weighted by molar-refractivity contribution is 6.18. The second kappa shape index (κ2) is 6.21. The van der Waals surface area contributed by atoms with Crippen molar-refractivity contribution < 1.29 is 4.74 Å². The lowest BCUT2D eigenvalue weighted by Crippen LogP contribution is -2.24. The lowest BCUT2D eigenvalue weighted by Gasteiger charge is -2.23. The van der Waals surface area contributed by atoms with E-state index in [2.05, 4.69) is 16.0 Å². The van der Waals surface area contributed by atoms with Crippen molar-refractivity contribution in [1.29, 1.82) is 5.26 Å². The first-order valence-electron chi connectivity index (χ1n) is 7.84. The van der Waals surface area contributed by atoms with E-state index < -0.39 is 0 Å². The monoisotopic (exact) mass is 346 g/mol. The first-order chi connectivity index (χ1) is 11.5. The van der Waals surface area contributed by atoms with Gasteiger partial charge < -0.3 is 21.1 Å². The summed E-state index contributed by atoms with van der Waals surface area (Å²) in [4.78, 5) is 10.7. The van der Waals surface area contributed by atoms with Crippen molar-refractivity contribution in [3.05, 3.63) is 11.1 Å². The first kappa shape index (κ1) is 16.4. The number of nitriles is 1. The molecule has 0 bridgehead atoms. The van der Waals surface area contributed by atoms with Crippen LogP contribution in [0.2, 0.25) is 0 Å². The summed E-state index contributed by atoms with van der Waals surface area (Å²) in [6.07, 6.45) is 0.385. The van der Waals surface area contributed by atoms with Crippen molar-refractivity contribution in [2.24, 2.45) is 0 Å². The Morgan fingerprint density at radius 2 is 1.92 bits per heavy atom. The van der Waals surface area contributed by atoms with Crippen LogP contribution in [-0.4, -0.2) is 35.0 Å². The quantitative estimate of drug-likeness (QED) is 0.814. The van der Waals surface area contributed by atoms with Gasteiger partial charge >= 0.3 is 0 Å². The van der Waals surface area contributed by atoms with E-state index in [1.807, 2.05) is 18.7 Å². The van der Waals surface area contributed by atoms with Crippen LogP contribution >= 0.6 is 11.6 Å². The molecule has 3 rings (SSSR count). The Balaban J connectivity index is 2.40. The van der Waals surface area contributed by atoms with Gasteiger partial charge in [-0.1, -0.05) is 0 Å². The van der Waals surface area contributed by atoms with Crippen molar-refractivity contribution >= 4 is 39.8 Å². The van der Waals surface area contributed by atoms with E-state index in [0.717, 1.165) is 5.56 Å². The number of ether oxygens (including phenoxy) is 1. The smallest absolute Gasteiger partial charge is 0.219 e. The Bertz CT molecular complexity index is 843. The molecular weight excluding hydrogens is 328 g/mol. The highest BCUT2D eigenvalue weighted by atomic mass is 35.5. The van der Waals surface area contributed by atoms with Crippen LogP contribution in [0.4, 0.5) is 17.5 Å². The molecule has 0 fully saturated rings. The molecule has 0 spiro atoms. The Morgan fingerprint density at radius 1 is 1.25 bits per heavy atom. The summed E-state index contributed by atoms with van der Waals surface area (Å²) in [5.74, 6) is 1.82. The second-order valence-electron chi connectivity index (χ2n) is 5.61. The standard InChI is InChI=1S/C16H19ClN6O/c1-3-23(4-2)15-10(7-18)11-9-5-8(6-17)24-16(9)22-14(20)12(11)13(19)21-15/h8H,3-6H2,1-2H3,(H2,19,21)(H2,20,22). The minimum absolute atomic E-state index is 0.183. The number of rotatable bonds is 4. The third-order valence-electron chi connectivity index (χ3n) is 4.30. The molecule has 0 radical (unpaired) electrons. The maximum Gasteiger partial charge on any atom is 0.219 e. The summed E-state index contributed by atoms with van der Waals surface area (Å²) in [5, 5.41) is 11.0. The van der Waals surface area contributed by atoms with Gasteiger partial charge in [0.05, 0.1) is 11.3 Å². The average molecular weight is 347 g/mol. The number of nitrogens with two attached hydrogens (primary N) is 2. The summed E-state index contributed by atoms with van der Waals surface area (Å²) in [7, 11) is 0. The summed E-state index contributed by atoms with van der Waals surface area (Å²) in [6, 6.07) is 2.27. The molecule has 1 unspecified atom stereocenters. The van der Waals surface area contributed by atoms with E-state index in [1.54, 1.807) is 0 Å². The number of alkyl halides is 1. The first-order valence-corrected chi connectivity index (χ1v) is 8.38. The van der Waals surface area contributed by atoms with Gasteiger partial charge in [0.1, 0.15) is 35.2 Å². The largest absolute Gasteiger partial charge is 0.472 e. The summed E-state index contributed by atoms with van der Waals surface area (Å²) < 4.78 is 5.73. The van der Waals surface area contributed by atoms with E-state index >= 15 is 0 Å². The maximum absolute atomic E-state index is 9.81. The molecule has 2 aromatic rings. The Hall–Kier alpha value is -2.46. The van der Waals surface area contributed by atoms with Crippen LogP contribution in [-0.2, 0) is 6.42 Å². The van der Waals surface area contributed by atoms with Crippen LogP contribution in [0.5, 0.6) is 5.88 Å². The minimum atomic E-state index is -0.183. The number of hydrogen-bond donors (Lipinski definition) is 2. The fraction of sp³-hybridized carbons (Fsp3) is 0.438. The molecule has 1 aliphatic rings. The molecule has 126 valence electrons. The summed E-state index contributed by atoms with van der Waals surface area (Å²) >= 11 is 5.93. The Morgan fingerprint density at radius 3 is 2.50 bits per heavy atom. The van der Waals surface area contributed by atoms with Crippen molar-refractivity contribution in [3.63, 3.8) is 0 Å². The van der Waals surface area contributed by atoms with E-state index in [9.17, 15) is 5.26 Å². The zero-order chi connectivity index (χ0) is 17.4. The highest BCUT2D eigenvalue weighted by Crippen LogP contribution is 2.41. The lowest BCUT2D eigenvalue weighted by molar-refractivity contribution is 0.250. The number of nitrogen functional groups attached to an aromatic ring is 2. The zero-order valence-corrected chi connectivity index (χ0v) is 14.4. The fourth-order valence-corrected chi connectivity index (χ4v) is 3.32. The van der Waals surface area contributed by atoms with E-state index in [-0.39, 0.29) is 17.7 Å². The molecule has 7 nitrogen and oxygen atoms in total. The average Bonchev–Trinajstić information content (AvgIpc) is 2.98. The predicted octanol–water partition coefficient (Wildman–Crippen LogP) is 2.05. The van der Waals surface area contributed by atoms with Crippen molar-refractivity contribution in [1.82, 2.24) is 9.97 Å². The molecule has 2 aromatic heterocycles. The SMILES string of the molecule is CCN(CC)c1nc(N)c2c(N)nc3c(c2c1C#N)CC(CCl)O3. The number of fused-ring (bicyclic) bond motifs is 3.